The second-order valence-electron chi connectivity index (χ2n) is 5.06. The third kappa shape index (κ3) is 3.54. The lowest BCUT2D eigenvalue weighted by molar-refractivity contribution is -0.152. The van der Waals surface area contributed by atoms with Crippen molar-refractivity contribution in [2.75, 3.05) is 20.3 Å². The monoisotopic (exact) mass is 311 g/mol. The molecule has 0 spiro atoms. The molecule has 5 nitrogen and oxygen atoms in total. The first-order valence-electron chi connectivity index (χ1n) is 6.81. The first kappa shape index (κ1) is 15.8. The van der Waals surface area contributed by atoms with Gasteiger partial charge in [0, 0.05) is 25.1 Å². The molecule has 0 radical (unpaired) electrons. The van der Waals surface area contributed by atoms with Crippen LogP contribution in [0.1, 0.15) is 24.4 Å². The predicted molar refractivity (Wildman–Crippen MR) is 78.1 cm³/mol. The fraction of sp³-hybridized carbons (Fsp3) is 0.467. The van der Waals surface area contributed by atoms with Gasteiger partial charge in [0.1, 0.15) is 0 Å². The number of hydrogen-bond acceptors (Lipinski definition) is 3. The number of amides is 1. The van der Waals surface area contributed by atoms with Crippen LogP contribution in [0.5, 0.6) is 0 Å². The molecule has 1 fully saturated rings. The second-order valence-corrected chi connectivity index (χ2v) is 5.50. The van der Waals surface area contributed by atoms with E-state index in [-0.39, 0.29) is 12.3 Å². The number of carboxylic acid groups (broad SMARTS) is 1. The molecule has 21 heavy (non-hydrogen) atoms. The number of carboxylic acids is 1. The van der Waals surface area contributed by atoms with Crippen molar-refractivity contribution in [1.29, 1.82) is 0 Å². The van der Waals surface area contributed by atoms with Gasteiger partial charge < -0.3 is 14.7 Å². The summed E-state index contributed by atoms with van der Waals surface area (Å²) in [7, 11) is 1.55. The number of carbonyl (C=O) groups is 2. The Morgan fingerprint density at radius 1 is 1.52 bits per heavy atom. The predicted octanol–water partition coefficient (Wildman–Crippen LogP) is 2.35. The zero-order valence-electron chi connectivity index (χ0n) is 11.8. The fourth-order valence-corrected chi connectivity index (χ4v) is 2.97. The lowest BCUT2D eigenvalue weighted by atomic mass is 9.84. The van der Waals surface area contributed by atoms with E-state index in [9.17, 15) is 14.7 Å². The van der Waals surface area contributed by atoms with Crippen molar-refractivity contribution < 1.29 is 19.4 Å². The largest absolute Gasteiger partial charge is 0.481 e. The van der Waals surface area contributed by atoms with Gasteiger partial charge in [0.2, 0.25) is 5.91 Å². The van der Waals surface area contributed by atoms with E-state index in [0.29, 0.717) is 24.6 Å². The fourth-order valence-electron chi connectivity index (χ4n) is 2.77. The maximum atomic E-state index is 12.2. The third-order valence-corrected chi connectivity index (χ3v) is 3.99. The number of hydrogen-bond donors (Lipinski definition) is 1. The molecule has 0 bridgehead atoms. The van der Waals surface area contributed by atoms with E-state index in [1.54, 1.807) is 30.2 Å². The van der Waals surface area contributed by atoms with Gasteiger partial charge in [-0.1, -0.05) is 23.7 Å². The van der Waals surface area contributed by atoms with Gasteiger partial charge in [0.25, 0.3) is 0 Å². The van der Waals surface area contributed by atoms with Crippen LogP contribution in [0.4, 0.5) is 0 Å². The van der Waals surface area contributed by atoms with Gasteiger partial charge in [-0.25, -0.2) is 0 Å². The summed E-state index contributed by atoms with van der Waals surface area (Å²) in [6.45, 7) is 0.742. The van der Waals surface area contributed by atoms with E-state index < -0.39 is 17.9 Å². The molecule has 1 saturated heterocycles. The van der Waals surface area contributed by atoms with Crippen molar-refractivity contribution in [2.45, 2.75) is 18.9 Å². The van der Waals surface area contributed by atoms with Crippen molar-refractivity contribution in [3.05, 3.63) is 34.9 Å². The van der Waals surface area contributed by atoms with Crippen LogP contribution < -0.4 is 0 Å². The van der Waals surface area contributed by atoms with Crippen LogP contribution in [-0.2, 0) is 14.3 Å². The SMILES string of the molecule is COCCN1C(=O)CCC(C(=O)O)C1c1cccc(Cl)c1. The minimum atomic E-state index is -0.894. The van der Waals surface area contributed by atoms with Crippen LogP contribution in [0.15, 0.2) is 24.3 Å². The molecule has 114 valence electrons. The van der Waals surface area contributed by atoms with E-state index in [2.05, 4.69) is 0 Å². The van der Waals surface area contributed by atoms with Gasteiger partial charge in [-0.05, 0) is 24.1 Å². The average molecular weight is 312 g/mol. The Hall–Kier alpha value is -1.59. The van der Waals surface area contributed by atoms with Crippen molar-refractivity contribution in [2.24, 2.45) is 5.92 Å². The Kier molecular flexibility index (Phi) is 5.20. The smallest absolute Gasteiger partial charge is 0.308 e. The summed E-state index contributed by atoms with van der Waals surface area (Å²) in [4.78, 5) is 25.3. The summed E-state index contributed by atoms with van der Waals surface area (Å²) in [5.74, 6) is -1.57. The molecule has 1 aliphatic rings. The highest BCUT2D eigenvalue weighted by Crippen LogP contribution is 2.37. The highest BCUT2D eigenvalue weighted by Gasteiger charge is 2.40. The van der Waals surface area contributed by atoms with Gasteiger partial charge in [-0.15, -0.1) is 0 Å². The van der Waals surface area contributed by atoms with Crippen molar-refractivity contribution in [3.8, 4) is 0 Å². The third-order valence-electron chi connectivity index (χ3n) is 3.75. The van der Waals surface area contributed by atoms with Crippen LogP contribution in [0, 0.1) is 5.92 Å². The Bertz CT molecular complexity index is 534. The van der Waals surface area contributed by atoms with Crippen molar-refractivity contribution in [3.63, 3.8) is 0 Å². The molecule has 1 N–H and O–H groups in total. The summed E-state index contributed by atoms with van der Waals surface area (Å²) < 4.78 is 5.03. The first-order valence-corrected chi connectivity index (χ1v) is 7.19. The zero-order chi connectivity index (χ0) is 15.4. The van der Waals surface area contributed by atoms with Crippen LogP contribution in [0.3, 0.4) is 0 Å². The summed E-state index contributed by atoms with van der Waals surface area (Å²) in [5, 5.41) is 10.00. The maximum absolute atomic E-state index is 12.2. The molecule has 1 heterocycles. The number of ether oxygens (including phenoxy) is 1. The summed E-state index contributed by atoms with van der Waals surface area (Å²) in [5.41, 5.74) is 0.749. The van der Waals surface area contributed by atoms with Gasteiger partial charge >= 0.3 is 5.97 Å². The summed E-state index contributed by atoms with van der Waals surface area (Å²) in [6, 6.07) is 6.53. The number of nitrogens with zero attached hydrogens (tertiary/aromatic N) is 1. The molecule has 2 atom stereocenters. The van der Waals surface area contributed by atoms with Crippen LogP contribution >= 0.6 is 11.6 Å². The highest BCUT2D eigenvalue weighted by molar-refractivity contribution is 6.30. The molecular weight excluding hydrogens is 294 g/mol. The minimum absolute atomic E-state index is 0.0467. The molecule has 1 aliphatic heterocycles. The van der Waals surface area contributed by atoms with Crippen molar-refractivity contribution in [1.82, 2.24) is 4.90 Å². The average Bonchev–Trinajstić information content (AvgIpc) is 2.45. The van der Waals surface area contributed by atoms with Crippen LogP contribution in [0.2, 0.25) is 5.02 Å². The van der Waals surface area contributed by atoms with E-state index in [0.717, 1.165) is 5.56 Å². The number of benzene rings is 1. The molecule has 1 aromatic carbocycles. The number of carbonyl (C=O) groups excluding carboxylic acids is 1. The Morgan fingerprint density at radius 2 is 2.29 bits per heavy atom. The normalized spacial score (nSPS) is 22.4. The molecule has 0 saturated carbocycles. The number of rotatable bonds is 5. The molecular formula is C15H18ClNO4. The summed E-state index contributed by atoms with van der Waals surface area (Å²) >= 11 is 6.00. The molecule has 1 amide bonds. The Balaban J connectivity index is 2.38. The highest BCUT2D eigenvalue weighted by atomic mass is 35.5. The van der Waals surface area contributed by atoms with Crippen molar-refractivity contribution >= 4 is 23.5 Å². The first-order chi connectivity index (χ1) is 10.0. The Labute approximate surface area is 128 Å². The van der Waals surface area contributed by atoms with Gasteiger partial charge in [0.15, 0.2) is 0 Å². The van der Waals surface area contributed by atoms with Crippen LogP contribution in [0.25, 0.3) is 0 Å². The molecule has 0 aromatic heterocycles. The van der Waals surface area contributed by atoms with E-state index >= 15 is 0 Å². The number of methoxy groups -OCH3 is 1. The molecule has 6 heteroatoms. The van der Waals surface area contributed by atoms with E-state index in [1.807, 2.05) is 6.07 Å². The molecule has 0 aliphatic carbocycles. The van der Waals surface area contributed by atoms with E-state index in [1.165, 1.54) is 0 Å². The van der Waals surface area contributed by atoms with E-state index in [4.69, 9.17) is 16.3 Å². The lowest BCUT2D eigenvalue weighted by Gasteiger charge is -2.39. The Morgan fingerprint density at radius 3 is 2.90 bits per heavy atom. The topological polar surface area (TPSA) is 66.8 Å². The van der Waals surface area contributed by atoms with Gasteiger partial charge in [-0.3, -0.25) is 9.59 Å². The number of aliphatic carboxylic acids is 1. The second kappa shape index (κ2) is 6.91. The minimum Gasteiger partial charge on any atom is -0.481 e. The number of piperidine rings is 1. The van der Waals surface area contributed by atoms with Gasteiger partial charge in [0.05, 0.1) is 18.6 Å². The molecule has 2 unspecified atom stereocenters. The number of likely N-dealkylation sites (tertiary alicyclic amines) is 1. The summed E-state index contributed by atoms with van der Waals surface area (Å²) in [6.07, 6.45) is 0.590. The zero-order valence-corrected chi connectivity index (χ0v) is 12.5. The number of halogens is 1. The molecule has 1 aromatic rings. The molecule has 2 rings (SSSR count). The standard InChI is InChI=1S/C15H18ClNO4/c1-21-8-7-17-13(18)6-5-12(15(19)20)14(17)10-3-2-4-11(16)9-10/h2-4,9,12,14H,5-8H2,1H3,(H,19,20). The van der Waals surface area contributed by atoms with Crippen LogP contribution in [-0.4, -0.2) is 42.1 Å². The lowest BCUT2D eigenvalue weighted by Crippen LogP contribution is -2.46. The van der Waals surface area contributed by atoms with Gasteiger partial charge in [-0.2, -0.15) is 0 Å². The quantitative estimate of drug-likeness (QED) is 0.906. The maximum Gasteiger partial charge on any atom is 0.308 e.